The first kappa shape index (κ1) is 14.2. The Morgan fingerprint density at radius 2 is 1.36 bits per heavy atom. The summed E-state index contributed by atoms with van der Waals surface area (Å²) >= 11 is 0. The number of fused-ring (bicyclic) bond motifs is 2. The fourth-order valence-electron chi connectivity index (χ4n) is 3.86. The van der Waals surface area contributed by atoms with Crippen LogP contribution in [-0.4, -0.2) is 14.1 Å². The quantitative estimate of drug-likeness (QED) is 0.454. The lowest BCUT2D eigenvalue weighted by molar-refractivity contribution is 0.929. The smallest absolute Gasteiger partial charge is 0.0484 e. The molecule has 3 heteroatoms. The van der Waals surface area contributed by atoms with Gasteiger partial charge in [0.2, 0.25) is 0 Å². The molecule has 3 aromatic heterocycles. The van der Waals surface area contributed by atoms with Crippen LogP contribution in [0.3, 0.4) is 0 Å². The van der Waals surface area contributed by atoms with Crippen LogP contribution in [0.25, 0.3) is 44.1 Å². The highest BCUT2D eigenvalue weighted by atomic mass is 14.9. The number of rotatable bonds is 2. The lowest BCUT2D eigenvalue weighted by atomic mass is 9.98. The molecule has 122 valence electrons. The first-order valence-electron chi connectivity index (χ1n) is 8.49. The van der Waals surface area contributed by atoms with E-state index in [9.17, 15) is 0 Å². The number of aromatic amines is 1. The van der Waals surface area contributed by atoms with Crippen molar-refractivity contribution in [1.29, 1.82) is 0 Å². The summed E-state index contributed by atoms with van der Waals surface area (Å²) in [4.78, 5) is 3.40. The molecule has 3 nitrogen and oxygen atoms in total. The summed E-state index contributed by atoms with van der Waals surface area (Å²) in [6.07, 6.45) is 8.79. The molecule has 25 heavy (non-hydrogen) atoms. The van der Waals surface area contributed by atoms with E-state index < -0.39 is 0 Å². The number of aromatic nitrogens is 3. The standard InChI is InChI=1S/C22H19N3/c1-24-12-18(17-11-23-21-9-5-3-7-15(17)21)19(13-24)20-14-25(2)22-10-6-4-8-16(20)22/h3-14,23H,1-2H3. The second-order valence-corrected chi connectivity index (χ2v) is 6.67. The molecule has 0 saturated carbocycles. The van der Waals surface area contributed by atoms with Crippen molar-refractivity contribution in [3.8, 4) is 22.3 Å². The molecule has 0 fully saturated rings. The van der Waals surface area contributed by atoms with Gasteiger partial charge < -0.3 is 14.1 Å². The molecule has 0 unspecified atom stereocenters. The van der Waals surface area contributed by atoms with E-state index in [0.717, 1.165) is 0 Å². The van der Waals surface area contributed by atoms with Crippen LogP contribution in [0.15, 0.2) is 73.3 Å². The van der Waals surface area contributed by atoms with Crippen LogP contribution in [0.1, 0.15) is 0 Å². The summed E-state index contributed by atoms with van der Waals surface area (Å²) in [5.74, 6) is 0. The number of hydrogen-bond acceptors (Lipinski definition) is 0. The Morgan fingerprint density at radius 3 is 2.20 bits per heavy atom. The average Bonchev–Trinajstić information content (AvgIpc) is 3.30. The Kier molecular flexibility index (Phi) is 2.92. The molecule has 0 saturated heterocycles. The van der Waals surface area contributed by atoms with Crippen molar-refractivity contribution in [2.24, 2.45) is 14.1 Å². The van der Waals surface area contributed by atoms with Gasteiger partial charge in [0.25, 0.3) is 0 Å². The van der Waals surface area contributed by atoms with Gasteiger partial charge in [0.05, 0.1) is 0 Å². The average molecular weight is 325 g/mol. The Balaban J connectivity index is 1.81. The molecule has 0 atom stereocenters. The van der Waals surface area contributed by atoms with Gasteiger partial charge in [-0.25, -0.2) is 0 Å². The highest BCUT2D eigenvalue weighted by molar-refractivity contribution is 6.04. The van der Waals surface area contributed by atoms with E-state index in [1.54, 1.807) is 0 Å². The SMILES string of the molecule is Cn1cc(-c2c[nH]c3ccccc23)c(-c2cn(C)c3ccccc23)c1. The van der Waals surface area contributed by atoms with Crippen molar-refractivity contribution in [2.45, 2.75) is 0 Å². The molecule has 5 rings (SSSR count). The van der Waals surface area contributed by atoms with Crippen molar-refractivity contribution in [3.63, 3.8) is 0 Å². The van der Waals surface area contributed by atoms with Crippen LogP contribution < -0.4 is 0 Å². The van der Waals surface area contributed by atoms with E-state index in [0.29, 0.717) is 0 Å². The summed E-state index contributed by atoms with van der Waals surface area (Å²) in [7, 11) is 4.20. The predicted octanol–water partition coefficient (Wildman–Crippen LogP) is 5.33. The third kappa shape index (κ3) is 2.06. The monoisotopic (exact) mass is 325 g/mol. The van der Waals surface area contributed by atoms with Gasteiger partial charge in [-0.05, 0) is 12.1 Å². The van der Waals surface area contributed by atoms with Crippen LogP contribution >= 0.6 is 0 Å². The summed E-state index contributed by atoms with van der Waals surface area (Å²) < 4.78 is 4.35. The summed E-state index contributed by atoms with van der Waals surface area (Å²) in [6.45, 7) is 0. The van der Waals surface area contributed by atoms with Crippen molar-refractivity contribution in [3.05, 3.63) is 73.3 Å². The Labute approximate surface area is 146 Å². The first-order chi connectivity index (χ1) is 12.2. The molecule has 2 aromatic carbocycles. The number of hydrogen-bond donors (Lipinski definition) is 1. The molecular formula is C22H19N3. The van der Waals surface area contributed by atoms with Crippen LogP contribution in [0.2, 0.25) is 0 Å². The third-order valence-corrected chi connectivity index (χ3v) is 5.02. The fraction of sp³-hybridized carbons (Fsp3) is 0.0909. The van der Waals surface area contributed by atoms with Crippen LogP contribution in [-0.2, 0) is 14.1 Å². The molecule has 0 aliphatic heterocycles. The van der Waals surface area contributed by atoms with Crippen molar-refractivity contribution >= 4 is 21.8 Å². The number of nitrogens with one attached hydrogen (secondary N) is 1. The van der Waals surface area contributed by atoms with Crippen LogP contribution in [0.5, 0.6) is 0 Å². The molecule has 0 bridgehead atoms. The first-order valence-corrected chi connectivity index (χ1v) is 8.49. The number of aryl methyl sites for hydroxylation is 2. The minimum Gasteiger partial charge on any atom is -0.361 e. The Hall–Kier alpha value is -3.20. The minimum absolute atomic E-state index is 1.17. The largest absolute Gasteiger partial charge is 0.361 e. The zero-order valence-corrected chi connectivity index (χ0v) is 14.3. The van der Waals surface area contributed by atoms with Crippen molar-refractivity contribution < 1.29 is 0 Å². The van der Waals surface area contributed by atoms with Crippen molar-refractivity contribution in [2.75, 3.05) is 0 Å². The van der Waals surface area contributed by atoms with Crippen LogP contribution in [0, 0.1) is 0 Å². The maximum atomic E-state index is 3.40. The zero-order chi connectivity index (χ0) is 17.0. The summed E-state index contributed by atoms with van der Waals surface area (Å²) in [5.41, 5.74) is 7.48. The molecule has 0 aliphatic rings. The maximum Gasteiger partial charge on any atom is 0.0484 e. The molecule has 3 heterocycles. The normalized spacial score (nSPS) is 11.6. The van der Waals surface area contributed by atoms with Gasteiger partial charge in [0.1, 0.15) is 0 Å². The molecule has 0 spiro atoms. The van der Waals surface area contributed by atoms with E-state index in [2.05, 4.69) is 102 Å². The Morgan fingerprint density at radius 1 is 0.680 bits per heavy atom. The topological polar surface area (TPSA) is 25.6 Å². The molecule has 0 amide bonds. The zero-order valence-electron chi connectivity index (χ0n) is 14.3. The second kappa shape index (κ2) is 5.15. The second-order valence-electron chi connectivity index (χ2n) is 6.67. The van der Waals surface area contributed by atoms with E-state index in [4.69, 9.17) is 0 Å². The molecule has 5 aromatic rings. The van der Waals surface area contributed by atoms with Crippen LogP contribution in [0.4, 0.5) is 0 Å². The highest BCUT2D eigenvalue weighted by Crippen LogP contribution is 2.40. The molecular weight excluding hydrogens is 306 g/mol. The van der Waals surface area contributed by atoms with E-state index in [1.165, 1.54) is 44.1 Å². The van der Waals surface area contributed by atoms with E-state index >= 15 is 0 Å². The third-order valence-electron chi connectivity index (χ3n) is 5.02. The van der Waals surface area contributed by atoms with Crippen molar-refractivity contribution in [1.82, 2.24) is 14.1 Å². The summed E-state index contributed by atoms with van der Waals surface area (Å²) in [5, 5.41) is 2.55. The number of para-hydroxylation sites is 2. The molecule has 0 radical (unpaired) electrons. The van der Waals surface area contributed by atoms with E-state index in [1.807, 2.05) is 0 Å². The Bertz CT molecular complexity index is 1220. The summed E-state index contributed by atoms with van der Waals surface area (Å²) in [6, 6.07) is 17.1. The fourth-order valence-corrected chi connectivity index (χ4v) is 3.86. The highest BCUT2D eigenvalue weighted by Gasteiger charge is 2.17. The lowest BCUT2D eigenvalue weighted by Crippen LogP contribution is -1.81. The number of benzene rings is 2. The van der Waals surface area contributed by atoms with E-state index in [-0.39, 0.29) is 0 Å². The molecule has 0 aliphatic carbocycles. The van der Waals surface area contributed by atoms with Gasteiger partial charge in [-0.1, -0.05) is 36.4 Å². The van der Waals surface area contributed by atoms with Gasteiger partial charge in [0.15, 0.2) is 0 Å². The lowest BCUT2D eigenvalue weighted by Gasteiger charge is -2.02. The number of nitrogens with zero attached hydrogens (tertiary/aromatic N) is 2. The molecule has 1 N–H and O–H groups in total. The van der Waals surface area contributed by atoms with Gasteiger partial charge in [-0.3, -0.25) is 0 Å². The minimum atomic E-state index is 1.17. The maximum absolute atomic E-state index is 3.40. The van der Waals surface area contributed by atoms with Gasteiger partial charge >= 0.3 is 0 Å². The van der Waals surface area contributed by atoms with Gasteiger partial charge in [0, 0.05) is 82.9 Å². The number of H-pyrrole nitrogens is 1. The van der Waals surface area contributed by atoms with Gasteiger partial charge in [-0.15, -0.1) is 0 Å². The predicted molar refractivity (Wildman–Crippen MR) is 105 cm³/mol. The van der Waals surface area contributed by atoms with Gasteiger partial charge in [-0.2, -0.15) is 0 Å².